The van der Waals surface area contributed by atoms with Crippen LogP contribution in [-0.2, 0) is 4.74 Å². The van der Waals surface area contributed by atoms with E-state index in [2.05, 4.69) is 32.5 Å². The summed E-state index contributed by atoms with van der Waals surface area (Å²) in [5.41, 5.74) is 0. The van der Waals surface area contributed by atoms with Crippen molar-refractivity contribution in [3.05, 3.63) is 20.3 Å². The van der Waals surface area contributed by atoms with Crippen LogP contribution >= 0.6 is 27.3 Å². The number of thiophene rings is 1. The smallest absolute Gasteiger partial charge is 0.349 e. The summed E-state index contributed by atoms with van der Waals surface area (Å²) in [7, 11) is 1.36. The minimum absolute atomic E-state index is 0.332. The van der Waals surface area contributed by atoms with Crippen LogP contribution in [0.2, 0.25) is 0 Å². The van der Waals surface area contributed by atoms with Crippen molar-refractivity contribution >= 4 is 33.2 Å². The van der Waals surface area contributed by atoms with E-state index in [1.54, 1.807) is 6.92 Å². The molecule has 1 aromatic rings. The van der Waals surface area contributed by atoms with Crippen LogP contribution in [0.5, 0.6) is 0 Å². The Morgan fingerprint density at radius 2 is 2.38 bits per heavy atom. The number of carbonyl (C=O) groups excluding carboxylic acids is 1. The molecule has 0 aromatic carbocycles. The molecule has 0 radical (unpaired) electrons. The molecule has 0 aliphatic heterocycles. The third-order valence-corrected chi connectivity index (χ3v) is 3.22. The molecule has 2 nitrogen and oxygen atoms in total. The van der Waals surface area contributed by atoms with E-state index >= 15 is 0 Å². The van der Waals surface area contributed by atoms with E-state index in [0.717, 1.165) is 9.35 Å². The molecular formula is C9H7BrO2S. The highest BCUT2D eigenvalue weighted by Crippen LogP contribution is 2.27. The number of hydrogen-bond donors (Lipinski definition) is 0. The fourth-order valence-electron chi connectivity index (χ4n) is 0.785. The molecule has 0 fully saturated rings. The zero-order valence-corrected chi connectivity index (χ0v) is 9.58. The summed E-state index contributed by atoms with van der Waals surface area (Å²) in [6.45, 7) is 1.76. The quantitative estimate of drug-likeness (QED) is 0.572. The molecule has 68 valence electrons. The molecule has 1 aromatic heterocycles. The summed E-state index contributed by atoms with van der Waals surface area (Å²) in [5, 5.41) is 0. The molecule has 0 saturated carbocycles. The maximum absolute atomic E-state index is 11.2. The molecule has 13 heavy (non-hydrogen) atoms. The molecule has 4 heteroatoms. The van der Waals surface area contributed by atoms with E-state index < -0.39 is 0 Å². The molecule has 0 saturated heterocycles. The van der Waals surface area contributed by atoms with Crippen molar-refractivity contribution in [1.29, 1.82) is 0 Å². The van der Waals surface area contributed by atoms with E-state index in [0.29, 0.717) is 4.88 Å². The van der Waals surface area contributed by atoms with Crippen molar-refractivity contribution in [2.24, 2.45) is 0 Å². The Morgan fingerprint density at radius 1 is 1.69 bits per heavy atom. The first kappa shape index (κ1) is 10.3. The van der Waals surface area contributed by atoms with E-state index in [9.17, 15) is 4.79 Å². The third kappa shape index (κ3) is 2.33. The van der Waals surface area contributed by atoms with Gasteiger partial charge in [0.1, 0.15) is 4.88 Å². The van der Waals surface area contributed by atoms with E-state index in [-0.39, 0.29) is 5.97 Å². The van der Waals surface area contributed by atoms with Crippen LogP contribution in [0.4, 0.5) is 0 Å². The maximum atomic E-state index is 11.2. The number of ether oxygens (including phenoxy) is 1. The second-order valence-electron chi connectivity index (χ2n) is 2.15. The lowest BCUT2D eigenvalue weighted by Gasteiger charge is -1.93. The van der Waals surface area contributed by atoms with Gasteiger partial charge in [0, 0.05) is 4.47 Å². The minimum atomic E-state index is -0.332. The lowest BCUT2D eigenvalue weighted by Crippen LogP contribution is -1.97. The average Bonchev–Trinajstić information content (AvgIpc) is 2.46. The Labute approximate surface area is 89.0 Å². The van der Waals surface area contributed by atoms with Gasteiger partial charge < -0.3 is 4.74 Å². The van der Waals surface area contributed by atoms with Crippen molar-refractivity contribution in [1.82, 2.24) is 0 Å². The summed E-state index contributed by atoms with van der Waals surface area (Å²) in [4.78, 5) is 12.6. The molecule has 0 bridgehead atoms. The van der Waals surface area contributed by atoms with Crippen molar-refractivity contribution in [3.8, 4) is 11.8 Å². The Morgan fingerprint density at radius 3 is 2.92 bits per heavy atom. The van der Waals surface area contributed by atoms with E-state index in [1.807, 2.05) is 6.07 Å². The topological polar surface area (TPSA) is 26.3 Å². The van der Waals surface area contributed by atoms with Crippen LogP contribution < -0.4 is 0 Å². The van der Waals surface area contributed by atoms with Gasteiger partial charge in [0.15, 0.2) is 0 Å². The van der Waals surface area contributed by atoms with Gasteiger partial charge in [-0.2, -0.15) is 0 Å². The second kappa shape index (κ2) is 4.45. The molecule has 0 spiro atoms. The van der Waals surface area contributed by atoms with Gasteiger partial charge in [-0.3, -0.25) is 0 Å². The summed E-state index contributed by atoms with van der Waals surface area (Å²) in [6.07, 6.45) is 0. The lowest BCUT2D eigenvalue weighted by atomic mass is 10.4. The number of halogens is 1. The standard InChI is InChI=1S/C9H7BrO2S/c1-3-4-6-5-7(10)8(13-6)9(11)12-2/h5H,1-2H3. The highest BCUT2D eigenvalue weighted by atomic mass is 79.9. The Balaban J connectivity index is 3.07. The van der Waals surface area contributed by atoms with Crippen molar-refractivity contribution in [2.75, 3.05) is 7.11 Å². The predicted octanol–water partition coefficient (Wildman–Crippen LogP) is 2.67. The Bertz CT molecular complexity index is 384. The molecule has 0 amide bonds. The zero-order valence-electron chi connectivity index (χ0n) is 7.18. The maximum Gasteiger partial charge on any atom is 0.349 e. The predicted molar refractivity (Wildman–Crippen MR) is 55.9 cm³/mol. The van der Waals surface area contributed by atoms with Crippen molar-refractivity contribution in [3.63, 3.8) is 0 Å². The number of carbonyl (C=O) groups is 1. The van der Waals surface area contributed by atoms with Gasteiger partial charge in [0.2, 0.25) is 0 Å². The average molecular weight is 259 g/mol. The number of esters is 1. The zero-order chi connectivity index (χ0) is 9.84. The number of hydrogen-bond acceptors (Lipinski definition) is 3. The molecule has 1 heterocycles. The third-order valence-electron chi connectivity index (χ3n) is 1.31. The molecule has 0 aliphatic carbocycles. The van der Waals surface area contributed by atoms with Crippen LogP contribution in [0.25, 0.3) is 0 Å². The van der Waals surface area contributed by atoms with Gasteiger partial charge in [-0.15, -0.1) is 17.3 Å². The molecule has 1 rings (SSSR count). The monoisotopic (exact) mass is 258 g/mol. The summed E-state index contributed by atoms with van der Waals surface area (Å²) in [6, 6.07) is 1.81. The molecule has 0 atom stereocenters. The first-order valence-corrected chi connectivity index (χ1v) is 5.10. The van der Waals surface area contributed by atoms with Gasteiger partial charge in [-0.25, -0.2) is 4.79 Å². The van der Waals surface area contributed by atoms with Crippen LogP contribution in [0.3, 0.4) is 0 Å². The van der Waals surface area contributed by atoms with Crippen LogP contribution in [0.1, 0.15) is 21.5 Å². The number of methoxy groups -OCH3 is 1. The second-order valence-corrected chi connectivity index (χ2v) is 4.06. The Kier molecular flexibility index (Phi) is 3.52. The van der Waals surface area contributed by atoms with Gasteiger partial charge in [-0.05, 0) is 28.9 Å². The fourth-order valence-corrected chi connectivity index (χ4v) is 2.44. The Hall–Kier alpha value is -0.790. The van der Waals surface area contributed by atoms with E-state index in [4.69, 9.17) is 0 Å². The number of rotatable bonds is 1. The highest BCUT2D eigenvalue weighted by Gasteiger charge is 2.13. The summed E-state index contributed by atoms with van der Waals surface area (Å²) >= 11 is 4.59. The van der Waals surface area contributed by atoms with Gasteiger partial charge in [0.25, 0.3) is 0 Å². The SMILES string of the molecule is CC#Cc1cc(Br)c(C(=O)OC)s1. The fraction of sp³-hybridized carbons (Fsp3) is 0.222. The summed E-state index contributed by atoms with van der Waals surface area (Å²) in [5.74, 6) is 5.32. The lowest BCUT2D eigenvalue weighted by molar-refractivity contribution is 0.0605. The molecule has 0 aliphatic rings. The van der Waals surface area contributed by atoms with Crippen molar-refractivity contribution in [2.45, 2.75) is 6.92 Å². The first-order valence-electron chi connectivity index (χ1n) is 3.49. The highest BCUT2D eigenvalue weighted by molar-refractivity contribution is 9.10. The van der Waals surface area contributed by atoms with Crippen molar-refractivity contribution < 1.29 is 9.53 Å². The van der Waals surface area contributed by atoms with E-state index in [1.165, 1.54) is 18.4 Å². The molecule has 0 N–H and O–H groups in total. The van der Waals surface area contributed by atoms with Crippen LogP contribution in [0.15, 0.2) is 10.5 Å². The normalized spacial score (nSPS) is 8.85. The molecular weight excluding hydrogens is 252 g/mol. The van der Waals surface area contributed by atoms with Gasteiger partial charge >= 0.3 is 5.97 Å². The molecule has 0 unspecified atom stereocenters. The largest absolute Gasteiger partial charge is 0.465 e. The van der Waals surface area contributed by atoms with Gasteiger partial charge in [-0.1, -0.05) is 5.92 Å². The first-order chi connectivity index (χ1) is 6.19. The van der Waals surface area contributed by atoms with Gasteiger partial charge in [0.05, 0.1) is 12.0 Å². The minimum Gasteiger partial charge on any atom is -0.465 e. The van der Waals surface area contributed by atoms with Crippen LogP contribution in [-0.4, -0.2) is 13.1 Å². The summed E-state index contributed by atoms with van der Waals surface area (Å²) < 4.78 is 5.34. The van der Waals surface area contributed by atoms with Crippen LogP contribution in [0, 0.1) is 11.8 Å².